The van der Waals surface area contributed by atoms with Crippen LogP contribution >= 0.6 is 0 Å². The Labute approximate surface area is 117 Å². The fourth-order valence-electron chi connectivity index (χ4n) is 1.72. The van der Waals surface area contributed by atoms with Crippen molar-refractivity contribution in [3.8, 4) is 11.6 Å². The first-order valence-corrected chi connectivity index (χ1v) is 6.37. The number of pyridine rings is 2. The van der Waals surface area contributed by atoms with Gasteiger partial charge in [0.15, 0.2) is 5.78 Å². The van der Waals surface area contributed by atoms with E-state index in [0.29, 0.717) is 29.4 Å². The Morgan fingerprint density at radius 3 is 2.95 bits per heavy atom. The number of nitrogens with zero attached hydrogens (tertiary/aromatic N) is 2. The predicted octanol–water partition coefficient (Wildman–Crippen LogP) is 2.51. The summed E-state index contributed by atoms with van der Waals surface area (Å²) in [7, 11) is 1.48. The number of carbonyl (C=O) groups excluding carboxylic acids is 1. The SMILES string of the molecule is CCCOc1cncc(C(=O)c2cccnc2OC)c1. The lowest BCUT2D eigenvalue weighted by molar-refractivity contribution is 0.103. The van der Waals surface area contributed by atoms with Gasteiger partial charge in [-0.2, -0.15) is 0 Å². The van der Waals surface area contributed by atoms with E-state index in [1.807, 2.05) is 6.92 Å². The molecule has 2 heterocycles. The molecule has 0 saturated heterocycles. The molecule has 104 valence electrons. The molecule has 2 rings (SSSR count). The van der Waals surface area contributed by atoms with Crippen LogP contribution in [-0.2, 0) is 0 Å². The van der Waals surface area contributed by atoms with E-state index in [-0.39, 0.29) is 5.78 Å². The highest BCUT2D eigenvalue weighted by Gasteiger charge is 2.16. The minimum atomic E-state index is -0.190. The maximum Gasteiger partial charge on any atom is 0.224 e. The standard InChI is InChI=1S/C15H16N2O3/c1-3-7-20-12-8-11(9-16-10-12)14(18)13-5-4-6-17-15(13)19-2/h4-6,8-10H,3,7H2,1-2H3. The van der Waals surface area contributed by atoms with Crippen LogP contribution in [0.4, 0.5) is 0 Å². The molecule has 2 aromatic heterocycles. The summed E-state index contributed by atoms with van der Waals surface area (Å²) < 4.78 is 10.6. The molecule has 0 saturated carbocycles. The van der Waals surface area contributed by atoms with E-state index in [2.05, 4.69) is 9.97 Å². The van der Waals surface area contributed by atoms with Crippen LogP contribution in [0.2, 0.25) is 0 Å². The topological polar surface area (TPSA) is 61.3 Å². The van der Waals surface area contributed by atoms with Gasteiger partial charge in [0.05, 0.1) is 25.5 Å². The molecule has 0 unspecified atom stereocenters. The van der Waals surface area contributed by atoms with Gasteiger partial charge in [-0.25, -0.2) is 4.98 Å². The zero-order valence-corrected chi connectivity index (χ0v) is 11.5. The average Bonchev–Trinajstić information content (AvgIpc) is 2.52. The van der Waals surface area contributed by atoms with Gasteiger partial charge in [-0.05, 0) is 24.6 Å². The third-order valence-electron chi connectivity index (χ3n) is 2.66. The average molecular weight is 272 g/mol. The van der Waals surface area contributed by atoms with Crippen LogP contribution in [0, 0.1) is 0 Å². The second kappa shape index (κ2) is 6.65. The van der Waals surface area contributed by atoms with Crippen LogP contribution in [0.5, 0.6) is 11.6 Å². The third kappa shape index (κ3) is 3.12. The van der Waals surface area contributed by atoms with E-state index in [1.54, 1.807) is 30.6 Å². The minimum absolute atomic E-state index is 0.190. The summed E-state index contributed by atoms with van der Waals surface area (Å²) in [4.78, 5) is 20.5. The Kier molecular flexibility index (Phi) is 4.65. The highest BCUT2D eigenvalue weighted by Crippen LogP contribution is 2.20. The monoisotopic (exact) mass is 272 g/mol. The number of aromatic nitrogens is 2. The fraction of sp³-hybridized carbons (Fsp3) is 0.267. The summed E-state index contributed by atoms with van der Waals surface area (Å²) in [6, 6.07) is 5.05. The molecular weight excluding hydrogens is 256 g/mol. The zero-order valence-electron chi connectivity index (χ0n) is 11.5. The Bertz CT molecular complexity index is 599. The van der Waals surface area contributed by atoms with Crippen molar-refractivity contribution in [3.05, 3.63) is 47.9 Å². The fourth-order valence-corrected chi connectivity index (χ4v) is 1.72. The number of ketones is 1. The normalized spacial score (nSPS) is 10.1. The molecule has 5 nitrogen and oxygen atoms in total. The highest BCUT2D eigenvalue weighted by atomic mass is 16.5. The number of ether oxygens (including phenoxy) is 2. The van der Waals surface area contributed by atoms with Gasteiger partial charge in [0, 0.05) is 18.0 Å². The Morgan fingerprint density at radius 2 is 2.20 bits per heavy atom. The number of methoxy groups -OCH3 is 1. The zero-order chi connectivity index (χ0) is 14.4. The Morgan fingerprint density at radius 1 is 1.35 bits per heavy atom. The third-order valence-corrected chi connectivity index (χ3v) is 2.66. The maximum atomic E-state index is 12.4. The molecule has 0 aliphatic carbocycles. The predicted molar refractivity (Wildman–Crippen MR) is 74.2 cm³/mol. The van der Waals surface area contributed by atoms with Crippen LogP contribution in [0.15, 0.2) is 36.8 Å². The molecular formula is C15H16N2O3. The second-order valence-electron chi connectivity index (χ2n) is 4.15. The van der Waals surface area contributed by atoms with E-state index in [9.17, 15) is 4.79 Å². The quantitative estimate of drug-likeness (QED) is 0.756. The van der Waals surface area contributed by atoms with Crippen molar-refractivity contribution in [1.29, 1.82) is 0 Å². The molecule has 0 spiro atoms. The van der Waals surface area contributed by atoms with Crippen LogP contribution in [0.3, 0.4) is 0 Å². The first-order chi connectivity index (χ1) is 9.76. The maximum absolute atomic E-state index is 12.4. The van der Waals surface area contributed by atoms with Gasteiger partial charge >= 0.3 is 0 Å². The van der Waals surface area contributed by atoms with Crippen LogP contribution in [0.1, 0.15) is 29.3 Å². The molecule has 5 heteroatoms. The molecule has 0 bridgehead atoms. The number of hydrogen-bond acceptors (Lipinski definition) is 5. The van der Waals surface area contributed by atoms with Gasteiger partial charge in [-0.1, -0.05) is 6.92 Å². The van der Waals surface area contributed by atoms with Gasteiger partial charge in [0.1, 0.15) is 5.75 Å². The van der Waals surface area contributed by atoms with Crippen molar-refractivity contribution in [1.82, 2.24) is 9.97 Å². The van der Waals surface area contributed by atoms with E-state index in [1.165, 1.54) is 13.3 Å². The Hall–Kier alpha value is -2.43. The second-order valence-corrected chi connectivity index (χ2v) is 4.15. The van der Waals surface area contributed by atoms with E-state index in [0.717, 1.165) is 6.42 Å². The molecule has 0 amide bonds. The molecule has 0 aromatic carbocycles. The first-order valence-electron chi connectivity index (χ1n) is 6.37. The molecule has 0 atom stereocenters. The summed E-state index contributed by atoms with van der Waals surface area (Å²) in [5.41, 5.74) is 0.856. The van der Waals surface area contributed by atoms with Crippen LogP contribution in [0.25, 0.3) is 0 Å². The largest absolute Gasteiger partial charge is 0.492 e. The van der Waals surface area contributed by atoms with E-state index in [4.69, 9.17) is 9.47 Å². The number of hydrogen-bond donors (Lipinski definition) is 0. The van der Waals surface area contributed by atoms with Gasteiger partial charge < -0.3 is 9.47 Å². The molecule has 0 aliphatic rings. The lowest BCUT2D eigenvalue weighted by Gasteiger charge is -2.08. The minimum Gasteiger partial charge on any atom is -0.492 e. The first kappa shape index (κ1) is 14.0. The number of carbonyl (C=O) groups is 1. The highest BCUT2D eigenvalue weighted by molar-refractivity contribution is 6.10. The summed E-state index contributed by atoms with van der Waals surface area (Å²) >= 11 is 0. The lowest BCUT2D eigenvalue weighted by Crippen LogP contribution is -2.06. The Balaban J connectivity index is 2.28. The van der Waals surface area contributed by atoms with Crippen LogP contribution in [-0.4, -0.2) is 29.5 Å². The van der Waals surface area contributed by atoms with Gasteiger partial charge in [0.25, 0.3) is 0 Å². The summed E-state index contributed by atoms with van der Waals surface area (Å²) in [6.07, 6.45) is 5.57. The summed E-state index contributed by atoms with van der Waals surface area (Å²) in [5.74, 6) is 0.697. The lowest BCUT2D eigenvalue weighted by atomic mass is 10.1. The van der Waals surface area contributed by atoms with E-state index < -0.39 is 0 Å². The van der Waals surface area contributed by atoms with Crippen molar-refractivity contribution >= 4 is 5.78 Å². The van der Waals surface area contributed by atoms with Crippen LogP contribution < -0.4 is 9.47 Å². The van der Waals surface area contributed by atoms with Gasteiger partial charge in [-0.15, -0.1) is 0 Å². The van der Waals surface area contributed by atoms with Crippen molar-refractivity contribution in [2.75, 3.05) is 13.7 Å². The number of rotatable bonds is 6. The molecule has 0 aliphatic heterocycles. The summed E-state index contributed by atoms with van der Waals surface area (Å²) in [6.45, 7) is 2.61. The van der Waals surface area contributed by atoms with Crippen molar-refractivity contribution in [3.63, 3.8) is 0 Å². The molecule has 0 radical (unpaired) electrons. The van der Waals surface area contributed by atoms with Crippen molar-refractivity contribution < 1.29 is 14.3 Å². The van der Waals surface area contributed by atoms with Gasteiger partial charge in [-0.3, -0.25) is 9.78 Å². The molecule has 20 heavy (non-hydrogen) atoms. The van der Waals surface area contributed by atoms with E-state index >= 15 is 0 Å². The van der Waals surface area contributed by atoms with Crippen molar-refractivity contribution in [2.24, 2.45) is 0 Å². The molecule has 0 N–H and O–H groups in total. The molecule has 2 aromatic rings. The van der Waals surface area contributed by atoms with Gasteiger partial charge in [0.2, 0.25) is 5.88 Å². The smallest absolute Gasteiger partial charge is 0.224 e. The van der Waals surface area contributed by atoms with Crippen molar-refractivity contribution in [2.45, 2.75) is 13.3 Å². The molecule has 0 fully saturated rings. The summed E-state index contributed by atoms with van der Waals surface area (Å²) in [5, 5.41) is 0.